The Morgan fingerprint density at radius 2 is 1.96 bits per heavy atom. The third kappa shape index (κ3) is 3.95. The van der Waals surface area contributed by atoms with Crippen LogP contribution in [-0.2, 0) is 22.1 Å². The molecule has 1 fully saturated rings. The minimum absolute atomic E-state index is 0.278. The minimum Gasteiger partial charge on any atom is -0.389 e. The smallest absolute Gasteiger partial charge is 0.280 e. The molecule has 2 aromatic rings. The van der Waals surface area contributed by atoms with E-state index in [4.69, 9.17) is 0 Å². The summed E-state index contributed by atoms with van der Waals surface area (Å²) in [6.45, 7) is 3.51. The molecule has 0 radical (unpaired) electrons. The van der Waals surface area contributed by atoms with Crippen molar-refractivity contribution in [2.24, 2.45) is 7.05 Å². The Labute approximate surface area is 164 Å². The van der Waals surface area contributed by atoms with Gasteiger partial charge in [-0.25, -0.2) is 0 Å². The van der Waals surface area contributed by atoms with E-state index in [9.17, 15) is 18.3 Å². The summed E-state index contributed by atoms with van der Waals surface area (Å²) in [6.07, 6.45) is 1.30. The average molecular weight is 407 g/mol. The Bertz CT molecular complexity index is 968. The van der Waals surface area contributed by atoms with Crippen molar-refractivity contribution in [1.29, 1.82) is 0 Å². The molecule has 9 nitrogen and oxygen atoms in total. The van der Waals surface area contributed by atoms with Crippen molar-refractivity contribution in [2.45, 2.75) is 38.5 Å². The molecule has 3 N–H and O–H groups in total. The SMILES string of the molecule is Cc1c(C2CC(C(=O)Nc3ccc(C(C)O)cc3)N(C)S(=O)(=O)N2)cnn1C. The van der Waals surface area contributed by atoms with E-state index in [0.717, 1.165) is 21.1 Å². The zero-order valence-electron chi connectivity index (χ0n) is 16.2. The van der Waals surface area contributed by atoms with Gasteiger partial charge in [0.25, 0.3) is 10.2 Å². The van der Waals surface area contributed by atoms with Crippen molar-refractivity contribution >= 4 is 21.8 Å². The van der Waals surface area contributed by atoms with Crippen LogP contribution in [0.2, 0.25) is 0 Å². The molecule has 1 aliphatic heterocycles. The number of aryl methyl sites for hydroxylation is 1. The van der Waals surface area contributed by atoms with E-state index in [2.05, 4.69) is 15.1 Å². The Kier molecular flexibility index (Phi) is 5.57. The molecule has 1 aromatic heterocycles. The summed E-state index contributed by atoms with van der Waals surface area (Å²) >= 11 is 0. The van der Waals surface area contributed by atoms with Gasteiger partial charge in [0.05, 0.1) is 18.3 Å². The lowest BCUT2D eigenvalue weighted by molar-refractivity contribution is -0.120. The number of aliphatic hydroxyl groups excluding tert-OH is 1. The maximum atomic E-state index is 12.8. The predicted molar refractivity (Wildman–Crippen MR) is 105 cm³/mol. The predicted octanol–water partition coefficient (Wildman–Crippen LogP) is 1.00. The number of anilines is 1. The van der Waals surface area contributed by atoms with Crippen LogP contribution in [0.1, 0.15) is 42.3 Å². The van der Waals surface area contributed by atoms with Crippen LogP contribution in [0.3, 0.4) is 0 Å². The van der Waals surface area contributed by atoms with Gasteiger partial charge in [-0.1, -0.05) is 12.1 Å². The van der Waals surface area contributed by atoms with Crippen LogP contribution >= 0.6 is 0 Å². The third-order valence-corrected chi connectivity index (χ3v) is 6.78. The lowest BCUT2D eigenvalue weighted by atomic mass is 10.00. The second kappa shape index (κ2) is 7.63. The van der Waals surface area contributed by atoms with Crippen LogP contribution in [-0.4, -0.2) is 46.6 Å². The molecular weight excluding hydrogens is 382 g/mol. The van der Waals surface area contributed by atoms with Crippen LogP contribution in [0.15, 0.2) is 30.5 Å². The Morgan fingerprint density at radius 3 is 2.50 bits per heavy atom. The molecule has 152 valence electrons. The molecule has 1 aliphatic rings. The van der Waals surface area contributed by atoms with Gasteiger partial charge in [0.1, 0.15) is 6.04 Å². The summed E-state index contributed by atoms with van der Waals surface area (Å²) in [5.74, 6) is -0.413. The minimum atomic E-state index is -3.82. The Hall–Kier alpha value is -2.27. The van der Waals surface area contributed by atoms with Crippen molar-refractivity contribution in [2.75, 3.05) is 12.4 Å². The summed E-state index contributed by atoms with van der Waals surface area (Å²) in [6, 6.07) is 5.38. The Balaban J connectivity index is 1.82. The zero-order chi connectivity index (χ0) is 20.6. The first-order chi connectivity index (χ1) is 13.1. The van der Waals surface area contributed by atoms with Crippen LogP contribution in [0.5, 0.6) is 0 Å². The summed E-state index contributed by atoms with van der Waals surface area (Å²) in [7, 11) is -0.653. The fourth-order valence-corrected chi connectivity index (χ4v) is 4.51. The largest absolute Gasteiger partial charge is 0.389 e. The van der Waals surface area contributed by atoms with Gasteiger partial charge in [0, 0.05) is 31.0 Å². The molecule has 0 aliphatic carbocycles. The van der Waals surface area contributed by atoms with E-state index < -0.39 is 34.3 Å². The standard InChI is InChI=1S/C18H25N5O4S/c1-11-15(10-19-22(11)3)16-9-17(23(4)28(26,27)21-16)18(25)20-14-7-5-13(6-8-14)12(2)24/h5-8,10,12,16-17,21,24H,9H2,1-4H3,(H,20,25). The van der Waals surface area contributed by atoms with Gasteiger partial charge in [0.15, 0.2) is 0 Å². The monoisotopic (exact) mass is 407 g/mol. The van der Waals surface area contributed by atoms with Crippen LogP contribution in [0.4, 0.5) is 5.69 Å². The van der Waals surface area contributed by atoms with Crippen molar-refractivity contribution in [3.8, 4) is 0 Å². The van der Waals surface area contributed by atoms with E-state index in [1.807, 2.05) is 6.92 Å². The summed E-state index contributed by atoms with van der Waals surface area (Å²) < 4.78 is 30.4. The van der Waals surface area contributed by atoms with Crippen molar-refractivity contribution in [3.05, 3.63) is 47.3 Å². The van der Waals surface area contributed by atoms with Gasteiger partial charge < -0.3 is 10.4 Å². The fraction of sp³-hybridized carbons (Fsp3) is 0.444. The molecule has 1 amide bonds. The maximum Gasteiger partial charge on any atom is 0.280 e. The van der Waals surface area contributed by atoms with Crippen molar-refractivity contribution < 1.29 is 18.3 Å². The van der Waals surface area contributed by atoms with Gasteiger partial charge in [0.2, 0.25) is 5.91 Å². The van der Waals surface area contributed by atoms with Crippen LogP contribution in [0.25, 0.3) is 0 Å². The number of likely N-dealkylation sites (N-methyl/N-ethyl adjacent to an activating group) is 1. The molecule has 3 rings (SSSR count). The third-order valence-electron chi connectivity index (χ3n) is 5.18. The van der Waals surface area contributed by atoms with Crippen LogP contribution < -0.4 is 10.0 Å². The quantitative estimate of drug-likeness (QED) is 0.699. The molecule has 28 heavy (non-hydrogen) atoms. The highest BCUT2D eigenvalue weighted by Gasteiger charge is 2.41. The van der Waals surface area contributed by atoms with Crippen molar-refractivity contribution in [1.82, 2.24) is 18.8 Å². The summed E-state index contributed by atoms with van der Waals surface area (Å²) in [4.78, 5) is 12.8. The molecule has 3 atom stereocenters. The van der Waals surface area contributed by atoms with Gasteiger partial charge in [-0.05, 0) is 38.0 Å². The van der Waals surface area contributed by atoms with E-state index in [1.54, 1.807) is 49.1 Å². The molecule has 10 heteroatoms. The van der Waals surface area contributed by atoms with E-state index in [1.165, 1.54) is 7.05 Å². The number of nitrogens with zero attached hydrogens (tertiary/aromatic N) is 3. The normalized spacial score (nSPS) is 23.3. The molecule has 0 bridgehead atoms. The van der Waals surface area contributed by atoms with E-state index >= 15 is 0 Å². The summed E-state index contributed by atoms with van der Waals surface area (Å²) in [5.41, 5.74) is 2.85. The lowest BCUT2D eigenvalue weighted by Gasteiger charge is -2.36. The number of rotatable bonds is 4. The molecule has 1 aromatic carbocycles. The number of aromatic nitrogens is 2. The Morgan fingerprint density at radius 1 is 1.32 bits per heavy atom. The number of hydrogen-bond acceptors (Lipinski definition) is 5. The average Bonchev–Trinajstić information content (AvgIpc) is 2.96. The topological polar surface area (TPSA) is 117 Å². The number of benzene rings is 1. The number of carbonyl (C=O) groups excluding carboxylic acids is 1. The first-order valence-electron chi connectivity index (χ1n) is 8.93. The molecule has 0 spiro atoms. The van der Waals surface area contributed by atoms with E-state index in [0.29, 0.717) is 5.69 Å². The van der Waals surface area contributed by atoms with Gasteiger partial charge in [-0.2, -0.15) is 22.5 Å². The van der Waals surface area contributed by atoms with Gasteiger partial charge >= 0.3 is 0 Å². The highest BCUT2D eigenvalue weighted by atomic mass is 32.2. The molecular formula is C18H25N5O4S. The highest BCUT2D eigenvalue weighted by molar-refractivity contribution is 7.87. The first-order valence-corrected chi connectivity index (χ1v) is 10.4. The molecule has 0 saturated carbocycles. The molecule has 1 saturated heterocycles. The number of hydrogen-bond donors (Lipinski definition) is 3. The number of amides is 1. The number of nitrogens with one attached hydrogen (secondary N) is 2. The highest BCUT2D eigenvalue weighted by Crippen LogP contribution is 2.30. The maximum absolute atomic E-state index is 12.8. The van der Waals surface area contributed by atoms with Gasteiger partial charge in [-0.3, -0.25) is 9.48 Å². The second-order valence-electron chi connectivity index (χ2n) is 7.04. The lowest BCUT2D eigenvalue weighted by Crippen LogP contribution is -2.56. The fourth-order valence-electron chi connectivity index (χ4n) is 3.24. The first kappa shape index (κ1) is 20.5. The number of carbonyl (C=O) groups is 1. The van der Waals surface area contributed by atoms with Gasteiger partial charge in [-0.15, -0.1) is 0 Å². The molecule has 2 heterocycles. The van der Waals surface area contributed by atoms with E-state index in [-0.39, 0.29) is 6.42 Å². The summed E-state index contributed by atoms with van der Waals surface area (Å²) in [5, 5.41) is 16.5. The number of aliphatic hydroxyl groups is 1. The van der Waals surface area contributed by atoms with Crippen LogP contribution in [0, 0.1) is 6.92 Å². The zero-order valence-corrected chi connectivity index (χ0v) is 17.1. The van der Waals surface area contributed by atoms with Crippen molar-refractivity contribution in [3.63, 3.8) is 0 Å². The molecule has 3 unspecified atom stereocenters. The second-order valence-corrected chi connectivity index (χ2v) is 8.80.